The van der Waals surface area contributed by atoms with Gasteiger partial charge in [-0.05, 0) is 37.1 Å². The Morgan fingerprint density at radius 2 is 2.48 bits per heavy atom. The number of hydrogen-bond donors (Lipinski definition) is 2. The fourth-order valence-electron chi connectivity index (χ4n) is 3.98. The summed E-state index contributed by atoms with van der Waals surface area (Å²) in [7, 11) is 0. The zero-order chi connectivity index (χ0) is 14.4. The first-order chi connectivity index (χ1) is 10.2. The second-order valence-corrected chi connectivity index (χ2v) is 7.32. The van der Waals surface area contributed by atoms with E-state index in [0.717, 1.165) is 29.3 Å². The van der Waals surface area contributed by atoms with Gasteiger partial charge in [0.15, 0.2) is 4.96 Å². The number of hydrogen-bond acceptors (Lipinski definition) is 4. The van der Waals surface area contributed by atoms with E-state index in [2.05, 4.69) is 22.5 Å². The molecule has 0 spiro atoms. The largest absolute Gasteiger partial charge is 0.349 e. The van der Waals surface area contributed by atoms with E-state index in [1.54, 1.807) is 17.5 Å². The van der Waals surface area contributed by atoms with Crippen molar-refractivity contribution >= 4 is 22.2 Å². The summed E-state index contributed by atoms with van der Waals surface area (Å²) < 4.78 is 1.89. The van der Waals surface area contributed by atoms with Gasteiger partial charge in [-0.3, -0.25) is 9.20 Å². The van der Waals surface area contributed by atoms with Gasteiger partial charge in [0.25, 0.3) is 5.91 Å². The van der Waals surface area contributed by atoms with Crippen molar-refractivity contribution in [3.05, 3.63) is 23.5 Å². The van der Waals surface area contributed by atoms with E-state index in [1.807, 2.05) is 16.0 Å². The summed E-state index contributed by atoms with van der Waals surface area (Å²) >= 11 is 1.54. The monoisotopic (exact) mass is 304 g/mol. The minimum absolute atomic E-state index is 0.0674. The van der Waals surface area contributed by atoms with E-state index in [9.17, 15) is 4.79 Å². The van der Waals surface area contributed by atoms with E-state index < -0.39 is 0 Å². The number of carbonyl (C=O) groups excluding carboxylic acids is 1. The molecule has 1 saturated heterocycles. The zero-order valence-corrected chi connectivity index (χ0v) is 12.9. The van der Waals surface area contributed by atoms with Gasteiger partial charge in [0.2, 0.25) is 0 Å². The third-order valence-electron chi connectivity index (χ3n) is 4.95. The summed E-state index contributed by atoms with van der Waals surface area (Å²) in [5.74, 6) is 2.30. The predicted molar refractivity (Wildman–Crippen MR) is 82.6 cm³/mol. The van der Waals surface area contributed by atoms with Gasteiger partial charge < -0.3 is 10.6 Å². The van der Waals surface area contributed by atoms with Crippen LogP contribution in [-0.4, -0.2) is 34.4 Å². The molecule has 5 nitrogen and oxygen atoms in total. The fourth-order valence-corrected chi connectivity index (χ4v) is 4.68. The van der Waals surface area contributed by atoms with Crippen molar-refractivity contribution in [2.75, 3.05) is 13.1 Å². The molecule has 2 aliphatic rings. The number of nitrogens with one attached hydrogen (secondary N) is 2. The molecule has 2 aromatic rings. The standard InChI is InChI=1S/C15H20N4OS/c1-9-4-10-6-16-12(11(10)5-9)7-17-14(20)13-8-19-2-3-21-15(19)18-13/h2-3,8-12,16H,4-7H2,1H3,(H,17,20)/t9?,10-,11-,12+/m0/s1. The van der Waals surface area contributed by atoms with Crippen LogP contribution in [-0.2, 0) is 0 Å². The molecule has 4 atom stereocenters. The van der Waals surface area contributed by atoms with Crippen LogP contribution in [0.4, 0.5) is 0 Å². The van der Waals surface area contributed by atoms with Crippen molar-refractivity contribution < 1.29 is 4.79 Å². The van der Waals surface area contributed by atoms with Gasteiger partial charge in [-0.15, -0.1) is 11.3 Å². The Morgan fingerprint density at radius 1 is 1.57 bits per heavy atom. The Morgan fingerprint density at radius 3 is 3.33 bits per heavy atom. The molecular formula is C15H20N4OS. The highest BCUT2D eigenvalue weighted by Gasteiger charge is 2.41. The van der Waals surface area contributed by atoms with Crippen LogP contribution in [0.5, 0.6) is 0 Å². The molecule has 0 bridgehead atoms. The third kappa shape index (κ3) is 2.36. The normalized spacial score (nSPS) is 31.7. The molecule has 1 amide bonds. The number of carbonyl (C=O) groups is 1. The van der Waals surface area contributed by atoms with Crippen LogP contribution >= 0.6 is 11.3 Å². The molecule has 0 radical (unpaired) electrons. The maximum Gasteiger partial charge on any atom is 0.271 e. The average molecular weight is 304 g/mol. The van der Waals surface area contributed by atoms with Crippen molar-refractivity contribution in [2.45, 2.75) is 25.8 Å². The van der Waals surface area contributed by atoms with Gasteiger partial charge in [0.05, 0.1) is 0 Å². The zero-order valence-electron chi connectivity index (χ0n) is 12.1. The number of amides is 1. The van der Waals surface area contributed by atoms with Crippen molar-refractivity contribution in [2.24, 2.45) is 17.8 Å². The number of thiazole rings is 1. The van der Waals surface area contributed by atoms with Crippen LogP contribution in [0.1, 0.15) is 30.3 Å². The van der Waals surface area contributed by atoms with Crippen LogP contribution < -0.4 is 10.6 Å². The van der Waals surface area contributed by atoms with Gasteiger partial charge >= 0.3 is 0 Å². The highest BCUT2D eigenvalue weighted by atomic mass is 32.1. The van der Waals surface area contributed by atoms with Crippen molar-refractivity contribution in [3.63, 3.8) is 0 Å². The summed E-state index contributed by atoms with van der Waals surface area (Å²) in [5, 5.41) is 8.58. The lowest BCUT2D eigenvalue weighted by Crippen LogP contribution is -2.40. The Hall–Kier alpha value is -1.40. The highest BCUT2D eigenvalue weighted by molar-refractivity contribution is 7.15. The molecule has 112 valence electrons. The van der Waals surface area contributed by atoms with E-state index in [4.69, 9.17) is 0 Å². The van der Waals surface area contributed by atoms with Crippen molar-refractivity contribution in [1.29, 1.82) is 0 Å². The van der Waals surface area contributed by atoms with E-state index in [0.29, 0.717) is 18.3 Å². The van der Waals surface area contributed by atoms with Gasteiger partial charge in [-0.1, -0.05) is 6.92 Å². The Balaban J connectivity index is 1.38. The van der Waals surface area contributed by atoms with Crippen LogP contribution in [0, 0.1) is 17.8 Å². The van der Waals surface area contributed by atoms with E-state index in [-0.39, 0.29) is 5.91 Å². The van der Waals surface area contributed by atoms with Crippen LogP contribution in [0.3, 0.4) is 0 Å². The number of imidazole rings is 1. The average Bonchev–Trinajstić information content (AvgIpc) is 3.14. The first-order valence-corrected chi connectivity index (χ1v) is 8.52. The molecule has 3 heterocycles. The Bertz CT molecular complexity index is 635. The Labute approximate surface area is 127 Å². The first-order valence-electron chi connectivity index (χ1n) is 7.64. The number of rotatable bonds is 3. The van der Waals surface area contributed by atoms with Gasteiger partial charge in [-0.2, -0.15) is 0 Å². The Kier molecular flexibility index (Phi) is 3.23. The number of fused-ring (bicyclic) bond motifs is 2. The van der Waals surface area contributed by atoms with Crippen LogP contribution in [0.25, 0.3) is 4.96 Å². The van der Waals surface area contributed by atoms with Crippen LogP contribution in [0.2, 0.25) is 0 Å². The minimum Gasteiger partial charge on any atom is -0.349 e. The van der Waals surface area contributed by atoms with Gasteiger partial charge in [0, 0.05) is 30.4 Å². The molecular weight excluding hydrogens is 284 g/mol. The summed E-state index contributed by atoms with van der Waals surface area (Å²) in [5.41, 5.74) is 0.510. The lowest BCUT2D eigenvalue weighted by atomic mass is 9.94. The molecule has 2 N–H and O–H groups in total. The molecule has 6 heteroatoms. The molecule has 1 unspecified atom stereocenters. The summed E-state index contributed by atoms with van der Waals surface area (Å²) in [6.45, 7) is 4.15. The topological polar surface area (TPSA) is 58.4 Å². The second kappa shape index (κ2) is 5.10. The highest BCUT2D eigenvalue weighted by Crippen LogP contribution is 2.40. The quantitative estimate of drug-likeness (QED) is 0.908. The SMILES string of the molecule is CC1C[C@H]2CN[C@H](CNC(=O)c3cn4ccsc4n3)[C@H]2C1. The lowest BCUT2D eigenvalue weighted by molar-refractivity contribution is 0.0943. The minimum atomic E-state index is -0.0674. The van der Waals surface area contributed by atoms with E-state index in [1.165, 1.54) is 12.8 Å². The molecule has 21 heavy (non-hydrogen) atoms. The molecule has 0 aromatic carbocycles. The molecule has 1 saturated carbocycles. The molecule has 2 fully saturated rings. The molecule has 4 rings (SSSR count). The first kappa shape index (κ1) is 13.3. The maximum absolute atomic E-state index is 12.2. The second-order valence-electron chi connectivity index (χ2n) is 6.44. The molecule has 1 aliphatic carbocycles. The summed E-state index contributed by atoms with van der Waals surface area (Å²) in [4.78, 5) is 17.4. The summed E-state index contributed by atoms with van der Waals surface area (Å²) in [6.07, 6.45) is 6.34. The molecule has 2 aromatic heterocycles. The smallest absolute Gasteiger partial charge is 0.271 e. The third-order valence-corrected chi connectivity index (χ3v) is 5.72. The van der Waals surface area contributed by atoms with Crippen LogP contribution in [0.15, 0.2) is 17.8 Å². The fraction of sp³-hybridized carbons (Fsp3) is 0.600. The lowest BCUT2D eigenvalue weighted by Gasteiger charge is -2.18. The van der Waals surface area contributed by atoms with Crippen molar-refractivity contribution in [1.82, 2.24) is 20.0 Å². The molecule has 1 aliphatic heterocycles. The number of nitrogens with zero attached hydrogens (tertiary/aromatic N) is 2. The number of aromatic nitrogens is 2. The van der Waals surface area contributed by atoms with Gasteiger partial charge in [0.1, 0.15) is 5.69 Å². The van der Waals surface area contributed by atoms with Crippen molar-refractivity contribution in [3.8, 4) is 0 Å². The maximum atomic E-state index is 12.2. The summed E-state index contributed by atoms with van der Waals surface area (Å²) in [6, 6.07) is 0.424. The predicted octanol–water partition coefficient (Wildman–Crippen LogP) is 1.76. The van der Waals surface area contributed by atoms with Gasteiger partial charge in [-0.25, -0.2) is 4.98 Å². The van der Waals surface area contributed by atoms with E-state index >= 15 is 0 Å².